The number of benzene rings is 1. The van der Waals surface area contributed by atoms with Crippen LogP contribution in [0.2, 0.25) is 5.02 Å². The van der Waals surface area contributed by atoms with E-state index < -0.39 is 52.7 Å². The minimum absolute atomic E-state index is 0.0673. The summed E-state index contributed by atoms with van der Waals surface area (Å²) >= 11 is 5.97. The number of aromatic nitrogens is 1. The maximum Gasteiger partial charge on any atom is 0.314 e. The minimum Gasteiger partial charge on any atom is -0.481 e. The molecule has 1 N–H and O–H groups in total. The van der Waals surface area contributed by atoms with E-state index in [2.05, 4.69) is 14.7 Å². The van der Waals surface area contributed by atoms with Crippen LogP contribution < -0.4 is 0 Å². The van der Waals surface area contributed by atoms with Crippen molar-refractivity contribution in [3.05, 3.63) is 83.7 Å². The SMILES string of the molecule is Cc1ncc2c(c1C1(C(=O)O)C[C@H](O[N+](=O)[O-])[C@H](O[N+](=O)[O-])C1)COC2c1ccc(Cl)cc1. The van der Waals surface area contributed by atoms with Crippen molar-refractivity contribution in [3.63, 3.8) is 0 Å². The van der Waals surface area contributed by atoms with Crippen molar-refractivity contribution < 1.29 is 34.5 Å². The fourth-order valence-corrected chi connectivity index (χ4v) is 4.93. The Bertz CT molecular complexity index is 1100. The van der Waals surface area contributed by atoms with E-state index in [-0.39, 0.29) is 6.61 Å². The van der Waals surface area contributed by atoms with E-state index in [4.69, 9.17) is 16.3 Å². The maximum absolute atomic E-state index is 12.6. The predicted molar refractivity (Wildman–Crippen MR) is 109 cm³/mol. The van der Waals surface area contributed by atoms with Crippen LogP contribution in [0.1, 0.15) is 46.9 Å². The predicted octanol–water partition coefficient (Wildman–Crippen LogP) is 2.93. The lowest BCUT2D eigenvalue weighted by Gasteiger charge is -2.28. The molecule has 1 aromatic heterocycles. The van der Waals surface area contributed by atoms with E-state index in [0.717, 1.165) is 5.56 Å². The van der Waals surface area contributed by atoms with Gasteiger partial charge in [-0.2, -0.15) is 0 Å². The Balaban J connectivity index is 1.81. The minimum atomic E-state index is -1.76. The van der Waals surface area contributed by atoms with Crippen molar-refractivity contribution in [3.8, 4) is 0 Å². The molecule has 12 nitrogen and oxygen atoms in total. The molecule has 4 rings (SSSR count). The van der Waals surface area contributed by atoms with Gasteiger partial charge in [0, 0.05) is 22.5 Å². The van der Waals surface area contributed by atoms with Gasteiger partial charge in [-0.1, -0.05) is 23.7 Å². The quantitative estimate of drug-likeness (QED) is 0.461. The highest BCUT2D eigenvalue weighted by Crippen LogP contribution is 2.49. The molecule has 4 atom stereocenters. The number of ether oxygens (including phenoxy) is 1. The summed E-state index contributed by atoms with van der Waals surface area (Å²) in [5, 5.41) is 30.5. The highest BCUT2D eigenvalue weighted by molar-refractivity contribution is 6.30. The second-order valence-corrected chi connectivity index (χ2v) is 8.36. The summed E-state index contributed by atoms with van der Waals surface area (Å²) in [6.45, 7) is 1.68. The van der Waals surface area contributed by atoms with Gasteiger partial charge in [0.05, 0.1) is 12.0 Å². The molecule has 0 spiro atoms. The van der Waals surface area contributed by atoms with Crippen LogP contribution >= 0.6 is 11.6 Å². The first-order valence-electron chi connectivity index (χ1n) is 9.84. The highest BCUT2D eigenvalue weighted by Gasteiger charge is 2.57. The molecule has 2 aromatic rings. The largest absolute Gasteiger partial charge is 0.481 e. The molecule has 0 saturated heterocycles. The summed E-state index contributed by atoms with van der Waals surface area (Å²) in [6.07, 6.45) is -2.65. The van der Waals surface area contributed by atoms with Gasteiger partial charge >= 0.3 is 5.97 Å². The van der Waals surface area contributed by atoms with Crippen molar-refractivity contribution in [2.45, 2.75) is 50.1 Å². The summed E-state index contributed by atoms with van der Waals surface area (Å²) in [7, 11) is 0. The van der Waals surface area contributed by atoms with Gasteiger partial charge in [-0.3, -0.25) is 9.78 Å². The number of carboxylic acid groups (broad SMARTS) is 1. The lowest BCUT2D eigenvalue weighted by molar-refractivity contribution is -0.797. The van der Waals surface area contributed by atoms with Crippen LogP contribution in [0.25, 0.3) is 0 Å². The summed E-state index contributed by atoms with van der Waals surface area (Å²) in [6, 6.07) is 6.98. The van der Waals surface area contributed by atoms with Gasteiger partial charge in [0.25, 0.3) is 10.2 Å². The second kappa shape index (κ2) is 8.45. The zero-order valence-corrected chi connectivity index (χ0v) is 17.9. The second-order valence-electron chi connectivity index (χ2n) is 7.93. The highest BCUT2D eigenvalue weighted by atomic mass is 35.5. The Morgan fingerprint density at radius 1 is 1.18 bits per heavy atom. The molecule has 1 fully saturated rings. The summed E-state index contributed by atoms with van der Waals surface area (Å²) in [5.74, 6) is -1.32. The van der Waals surface area contributed by atoms with E-state index in [1.807, 2.05) is 0 Å². The van der Waals surface area contributed by atoms with E-state index in [9.17, 15) is 30.1 Å². The van der Waals surface area contributed by atoms with E-state index >= 15 is 0 Å². The third kappa shape index (κ3) is 4.02. The van der Waals surface area contributed by atoms with Crippen LogP contribution in [0.3, 0.4) is 0 Å². The third-order valence-corrected chi connectivity index (χ3v) is 6.36. The van der Waals surface area contributed by atoms with Gasteiger partial charge < -0.3 is 19.5 Å². The Labute approximate surface area is 191 Å². The Kier molecular flexibility index (Phi) is 5.80. The normalized spacial score (nSPS) is 25.9. The summed E-state index contributed by atoms with van der Waals surface area (Å²) in [4.78, 5) is 48.0. The van der Waals surface area contributed by atoms with Crippen LogP contribution in [0, 0.1) is 27.2 Å². The van der Waals surface area contributed by atoms with Crippen molar-refractivity contribution in [1.82, 2.24) is 4.98 Å². The number of carboxylic acids is 1. The number of aryl methyl sites for hydroxylation is 1. The zero-order chi connectivity index (χ0) is 23.9. The maximum atomic E-state index is 12.6. The summed E-state index contributed by atoms with van der Waals surface area (Å²) < 4.78 is 5.96. The van der Waals surface area contributed by atoms with Crippen molar-refractivity contribution in [2.24, 2.45) is 0 Å². The standard InChI is InChI=1S/C20H18ClN3O9/c1-10-17(14-9-31-18(13(14)8-22-10)11-2-4-12(21)5-3-11)20(19(25)26)6-15(32-23(27)28)16(7-20)33-24(29)30/h2-5,8,15-16,18H,6-7,9H2,1H3,(H,25,26)/t15-,16+,18?,20?. The number of fused-ring (bicyclic) bond motifs is 1. The number of carbonyl (C=O) groups is 1. The molecule has 1 aliphatic heterocycles. The topological polar surface area (TPSA) is 164 Å². The van der Waals surface area contributed by atoms with Gasteiger partial charge in [0.1, 0.15) is 18.3 Å². The number of nitrogens with zero attached hydrogens (tertiary/aromatic N) is 3. The molecule has 174 valence electrons. The molecule has 2 unspecified atom stereocenters. The molecule has 1 saturated carbocycles. The molecule has 0 amide bonds. The van der Waals surface area contributed by atoms with Crippen molar-refractivity contribution in [2.75, 3.05) is 0 Å². The molecular formula is C20H18ClN3O9. The average Bonchev–Trinajstić information content (AvgIpc) is 3.30. The van der Waals surface area contributed by atoms with E-state index in [0.29, 0.717) is 27.4 Å². The summed E-state index contributed by atoms with van der Waals surface area (Å²) in [5.41, 5.74) is 0.917. The Morgan fingerprint density at radius 2 is 1.76 bits per heavy atom. The lowest BCUT2D eigenvalue weighted by Crippen LogP contribution is -2.36. The number of aliphatic carboxylic acids is 1. The van der Waals surface area contributed by atoms with Gasteiger partial charge in [-0.25, -0.2) is 0 Å². The molecule has 0 bridgehead atoms. The fraction of sp³-hybridized carbons (Fsp3) is 0.400. The van der Waals surface area contributed by atoms with Crippen LogP contribution in [0.5, 0.6) is 0 Å². The lowest BCUT2D eigenvalue weighted by atomic mass is 9.74. The zero-order valence-electron chi connectivity index (χ0n) is 17.2. The van der Waals surface area contributed by atoms with Crippen LogP contribution in [-0.2, 0) is 31.2 Å². The smallest absolute Gasteiger partial charge is 0.314 e. The van der Waals surface area contributed by atoms with Gasteiger partial charge in [-0.15, -0.1) is 20.2 Å². The average molecular weight is 480 g/mol. The van der Waals surface area contributed by atoms with Crippen LogP contribution in [0.15, 0.2) is 30.5 Å². The first-order chi connectivity index (χ1) is 15.6. The van der Waals surface area contributed by atoms with Crippen molar-refractivity contribution >= 4 is 17.6 Å². The van der Waals surface area contributed by atoms with Crippen LogP contribution in [0.4, 0.5) is 0 Å². The number of rotatable bonds is 7. The number of hydrogen-bond acceptors (Lipinski definition) is 9. The molecule has 1 aliphatic carbocycles. The monoisotopic (exact) mass is 479 g/mol. The first-order valence-corrected chi connectivity index (χ1v) is 10.2. The molecule has 2 heterocycles. The van der Waals surface area contributed by atoms with Gasteiger partial charge in [0.15, 0.2) is 0 Å². The van der Waals surface area contributed by atoms with E-state index in [1.165, 1.54) is 0 Å². The molecule has 0 radical (unpaired) electrons. The molecule has 13 heteroatoms. The van der Waals surface area contributed by atoms with Gasteiger partial charge in [0.2, 0.25) is 0 Å². The van der Waals surface area contributed by atoms with E-state index in [1.54, 1.807) is 37.4 Å². The van der Waals surface area contributed by atoms with Crippen molar-refractivity contribution in [1.29, 1.82) is 0 Å². The molecule has 1 aromatic carbocycles. The number of hydrogen-bond donors (Lipinski definition) is 1. The molecule has 33 heavy (non-hydrogen) atoms. The van der Waals surface area contributed by atoms with Crippen LogP contribution in [-0.4, -0.2) is 38.4 Å². The Morgan fingerprint density at radius 3 is 2.27 bits per heavy atom. The Hall–Kier alpha value is -3.51. The fourth-order valence-electron chi connectivity index (χ4n) is 4.81. The third-order valence-electron chi connectivity index (χ3n) is 6.10. The number of halogens is 1. The first kappa shape index (κ1) is 22.7. The van der Waals surface area contributed by atoms with Gasteiger partial charge in [-0.05, 0) is 48.6 Å². The number of pyridine rings is 1. The molecular weight excluding hydrogens is 462 g/mol. The molecule has 2 aliphatic rings.